The summed E-state index contributed by atoms with van der Waals surface area (Å²) >= 11 is 7.42. The standard InChI is InChI=1S/C19H23ClN2O3S2/c1-3-14(2)22-27(24,25)18-10-6-16(7-11-18)21-19(23)12-13-26-17-8-4-15(20)5-9-17/h4-11,14,22H,3,12-13H2,1-2H3,(H,21,23). The number of amides is 1. The second-order valence-electron chi connectivity index (χ2n) is 6.06. The highest BCUT2D eigenvalue weighted by molar-refractivity contribution is 7.99. The summed E-state index contributed by atoms with van der Waals surface area (Å²) in [5, 5.41) is 3.46. The van der Waals surface area contributed by atoms with Gasteiger partial charge in [-0.05, 0) is 61.9 Å². The smallest absolute Gasteiger partial charge is 0.240 e. The van der Waals surface area contributed by atoms with Crippen LogP contribution in [0.4, 0.5) is 5.69 Å². The number of hydrogen-bond acceptors (Lipinski definition) is 4. The molecule has 1 unspecified atom stereocenters. The zero-order valence-corrected chi connectivity index (χ0v) is 17.6. The van der Waals surface area contributed by atoms with Crippen molar-refractivity contribution in [1.29, 1.82) is 0 Å². The second kappa shape index (κ2) is 10.1. The van der Waals surface area contributed by atoms with Crippen LogP contribution in [-0.4, -0.2) is 26.1 Å². The fraction of sp³-hybridized carbons (Fsp3) is 0.316. The molecule has 0 saturated carbocycles. The van der Waals surface area contributed by atoms with Gasteiger partial charge in [0.2, 0.25) is 15.9 Å². The molecule has 0 bridgehead atoms. The summed E-state index contributed by atoms with van der Waals surface area (Å²) < 4.78 is 27.0. The highest BCUT2D eigenvalue weighted by Crippen LogP contribution is 2.21. The van der Waals surface area contributed by atoms with Crippen molar-refractivity contribution in [3.05, 3.63) is 53.6 Å². The number of thioether (sulfide) groups is 1. The summed E-state index contributed by atoms with van der Waals surface area (Å²) in [6.07, 6.45) is 1.06. The molecule has 0 aliphatic rings. The molecular weight excluding hydrogens is 404 g/mol. The van der Waals surface area contributed by atoms with Crippen molar-refractivity contribution in [2.45, 2.75) is 42.5 Å². The molecule has 2 aromatic rings. The molecule has 0 heterocycles. The quantitative estimate of drug-likeness (QED) is 0.577. The van der Waals surface area contributed by atoms with Gasteiger partial charge in [0, 0.05) is 33.8 Å². The predicted octanol–water partition coefficient (Wildman–Crippen LogP) is 4.54. The Kier molecular flexibility index (Phi) is 8.16. The summed E-state index contributed by atoms with van der Waals surface area (Å²) in [5.74, 6) is 0.517. The van der Waals surface area contributed by atoms with E-state index in [9.17, 15) is 13.2 Å². The van der Waals surface area contributed by atoms with Crippen LogP contribution in [0.15, 0.2) is 58.3 Å². The van der Waals surface area contributed by atoms with Gasteiger partial charge in [-0.1, -0.05) is 18.5 Å². The number of benzene rings is 2. The first-order chi connectivity index (χ1) is 12.8. The minimum atomic E-state index is -3.54. The van der Waals surface area contributed by atoms with E-state index in [1.807, 2.05) is 38.1 Å². The van der Waals surface area contributed by atoms with Crippen LogP contribution in [0.5, 0.6) is 0 Å². The second-order valence-corrected chi connectivity index (χ2v) is 9.37. The Morgan fingerprint density at radius 1 is 1.11 bits per heavy atom. The highest BCUT2D eigenvalue weighted by Gasteiger charge is 2.16. The van der Waals surface area contributed by atoms with Crippen molar-refractivity contribution < 1.29 is 13.2 Å². The van der Waals surface area contributed by atoms with Gasteiger partial charge >= 0.3 is 0 Å². The molecule has 1 amide bonds. The van der Waals surface area contributed by atoms with E-state index in [0.29, 0.717) is 29.3 Å². The summed E-state index contributed by atoms with van der Waals surface area (Å²) in [5.41, 5.74) is 0.569. The van der Waals surface area contributed by atoms with E-state index < -0.39 is 10.0 Å². The third-order valence-electron chi connectivity index (χ3n) is 3.83. The first-order valence-corrected chi connectivity index (χ1v) is 11.5. The summed E-state index contributed by atoms with van der Waals surface area (Å²) in [6.45, 7) is 3.73. The molecule has 2 rings (SSSR count). The van der Waals surface area contributed by atoms with E-state index in [1.54, 1.807) is 23.9 Å². The molecule has 0 spiro atoms. The fourth-order valence-corrected chi connectivity index (χ4v) is 4.45. The van der Waals surface area contributed by atoms with Crippen LogP contribution in [0.25, 0.3) is 0 Å². The van der Waals surface area contributed by atoms with Gasteiger partial charge < -0.3 is 5.32 Å². The minimum absolute atomic E-state index is 0.121. The monoisotopic (exact) mass is 426 g/mol. The van der Waals surface area contributed by atoms with Gasteiger partial charge in [-0.2, -0.15) is 0 Å². The van der Waals surface area contributed by atoms with Gasteiger partial charge in [-0.15, -0.1) is 11.8 Å². The van der Waals surface area contributed by atoms with Crippen LogP contribution >= 0.6 is 23.4 Å². The minimum Gasteiger partial charge on any atom is -0.326 e. The molecule has 2 aromatic carbocycles. The number of rotatable bonds is 9. The summed E-state index contributed by atoms with van der Waals surface area (Å²) in [4.78, 5) is 13.3. The molecule has 0 fully saturated rings. The Bertz CT molecular complexity index is 854. The number of sulfonamides is 1. The van der Waals surface area contributed by atoms with E-state index in [4.69, 9.17) is 11.6 Å². The molecule has 5 nitrogen and oxygen atoms in total. The van der Waals surface area contributed by atoms with Crippen LogP contribution in [-0.2, 0) is 14.8 Å². The first-order valence-electron chi connectivity index (χ1n) is 8.61. The fourth-order valence-electron chi connectivity index (χ4n) is 2.15. The molecule has 0 aromatic heterocycles. The molecular formula is C19H23ClN2O3S2. The number of anilines is 1. The first kappa shape index (κ1) is 21.8. The lowest BCUT2D eigenvalue weighted by Gasteiger charge is -2.12. The maximum atomic E-state index is 12.2. The average molecular weight is 427 g/mol. The molecule has 0 saturated heterocycles. The molecule has 0 radical (unpaired) electrons. The molecule has 0 aliphatic carbocycles. The van der Waals surface area contributed by atoms with Crippen LogP contribution in [0.1, 0.15) is 26.7 Å². The van der Waals surface area contributed by atoms with Crippen molar-refractivity contribution in [1.82, 2.24) is 4.72 Å². The average Bonchev–Trinajstić information content (AvgIpc) is 2.63. The van der Waals surface area contributed by atoms with Gasteiger partial charge in [0.15, 0.2) is 0 Å². The number of carbonyl (C=O) groups is 1. The lowest BCUT2D eigenvalue weighted by Crippen LogP contribution is -2.31. The third-order valence-corrected chi connectivity index (χ3v) is 6.70. The molecule has 2 N–H and O–H groups in total. The van der Waals surface area contributed by atoms with Crippen LogP contribution in [0, 0.1) is 0 Å². The maximum absolute atomic E-state index is 12.2. The number of nitrogens with one attached hydrogen (secondary N) is 2. The zero-order valence-electron chi connectivity index (χ0n) is 15.2. The molecule has 27 heavy (non-hydrogen) atoms. The molecule has 146 valence electrons. The van der Waals surface area contributed by atoms with Crippen LogP contribution in [0.2, 0.25) is 5.02 Å². The van der Waals surface area contributed by atoms with E-state index in [-0.39, 0.29) is 16.8 Å². The summed E-state index contributed by atoms with van der Waals surface area (Å²) in [6, 6.07) is 13.5. The third kappa shape index (κ3) is 7.18. The van der Waals surface area contributed by atoms with Crippen molar-refractivity contribution in [2.75, 3.05) is 11.1 Å². The van der Waals surface area contributed by atoms with Gasteiger partial charge in [-0.25, -0.2) is 13.1 Å². The summed E-state index contributed by atoms with van der Waals surface area (Å²) in [7, 11) is -3.54. The Morgan fingerprint density at radius 3 is 2.33 bits per heavy atom. The largest absolute Gasteiger partial charge is 0.326 e. The zero-order chi connectivity index (χ0) is 19.9. The number of halogens is 1. The molecule has 0 aliphatic heterocycles. The lowest BCUT2D eigenvalue weighted by atomic mass is 10.3. The van der Waals surface area contributed by atoms with E-state index in [0.717, 1.165) is 4.90 Å². The normalized spacial score (nSPS) is 12.6. The SMILES string of the molecule is CCC(C)NS(=O)(=O)c1ccc(NC(=O)CCSc2ccc(Cl)cc2)cc1. The Labute approximate surface area is 169 Å². The Morgan fingerprint density at radius 2 is 1.74 bits per heavy atom. The van der Waals surface area contributed by atoms with Gasteiger partial charge in [0.25, 0.3) is 0 Å². The predicted molar refractivity (Wildman–Crippen MR) is 112 cm³/mol. The van der Waals surface area contributed by atoms with Crippen LogP contribution < -0.4 is 10.0 Å². The van der Waals surface area contributed by atoms with E-state index >= 15 is 0 Å². The van der Waals surface area contributed by atoms with Gasteiger partial charge in [0.05, 0.1) is 4.90 Å². The Hall–Kier alpha value is -1.54. The number of carbonyl (C=O) groups excluding carboxylic acids is 1. The molecule has 1 atom stereocenters. The lowest BCUT2D eigenvalue weighted by molar-refractivity contribution is -0.115. The van der Waals surface area contributed by atoms with E-state index in [2.05, 4.69) is 10.0 Å². The highest BCUT2D eigenvalue weighted by atomic mass is 35.5. The van der Waals surface area contributed by atoms with Crippen molar-refractivity contribution in [3.63, 3.8) is 0 Å². The van der Waals surface area contributed by atoms with Crippen molar-refractivity contribution >= 4 is 45.0 Å². The molecule has 8 heteroatoms. The maximum Gasteiger partial charge on any atom is 0.240 e. The van der Waals surface area contributed by atoms with Gasteiger partial charge in [0.1, 0.15) is 0 Å². The number of hydrogen-bond donors (Lipinski definition) is 2. The van der Waals surface area contributed by atoms with Gasteiger partial charge in [-0.3, -0.25) is 4.79 Å². The van der Waals surface area contributed by atoms with Crippen molar-refractivity contribution in [3.8, 4) is 0 Å². The topological polar surface area (TPSA) is 75.3 Å². The Balaban J connectivity index is 1.84. The van der Waals surface area contributed by atoms with Crippen LogP contribution in [0.3, 0.4) is 0 Å². The van der Waals surface area contributed by atoms with E-state index in [1.165, 1.54) is 12.1 Å². The van der Waals surface area contributed by atoms with Crippen molar-refractivity contribution in [2.24, 2.45) is 0 Å².